The smallest absolute Gasteiger partial charge is 0.232 e. The molecule has 1 aliphatic heterocycles. The van der Waals surface area contributed by atoms with Crippen LogP contribution in [0, 0.1) is 11.7 Å². The summed E-state index contributed by atoms with van der Waals surface area (Å²) in [5.41, 5.74) is 7.33. The Morgan fingerprint density at radius 3 is 2.92 bits per heavy atom. The average molecular weight is 350 g/mol. The lowest BCUT2D eigenvalue weighted by molar-refractivity contribution is -0.127. The summed E-state index contributed by atoms with van der Waals surface area (Å²) in [4.78, 5) is 18.0. The van der Waals surface area contributed by atoms with Gasteiger partial charge in [-0.3, -0.25) is 15.3 Å². The molecule has 128 valence electrons. The van der Waals surface area contributed by atoms with E-state index in [1.807, 2.05) is 0 Å². The zero-order valence-corrected chi connectivity index (χ0v) is 14.0. The van der Waals surface area contributed by atoms with Gasteiger partial charge in [0, 0.05) is 26.1 Å². The van der Waals surface area contributed by atoms with Crippen LogP contribution in [0.15, 0.2) is 35.7 Å². The number of thioether (sulfide) groups is 1. The predicted octanol–water partition coefficient (Wildman–Crippen LogP) is 0.960. The molecule has 9 heteroatoms. The number of hydrogen-bond donors (Lipinski definition) is 3. The van der Waals surface area contributed by atoms with E-state index in [0.717, 1.165) is 12.1 Å². The Morgan fingerprint density at radius 1 is 1.42 bits per heavy atom. The van der Waals surface area contributed by atoms with Crippen LogP contribution in [0.25, 0.3) is 0 Å². The van der Waals surface area contributed by atoms with Gasteiger partial charge >= 0.3 is 0 Å². The average Bonchev–Trinajstić information content (AvgIpc) is 3.25. The zero-order valence-electron chi connectivity index (χ0n) is 13.2. The van der Waals surface area contributed by atoms with Crippen LogP contribution < -0.4 is 10.9 Å². The number of aromatic nitrogens is 3. The van der Waals surface area contributed by atoms with E-state index >= 15 is 0 Å². The lowest BCUT2D eigenvalue weighted by Crippen LogP contribution is -2.35. The molecule has 2 aromatic rings. The van der Waals surface area contributed by atoms with Gasteiger partial charge in [0.2, 0.25) is 5.91 Å². The van der Waals surface area contributed by atoms with Crippen molar-refractivity contribution in [2.45, 2.75) is 11.2 Å². The normalized spacial score (nSPS) is 20.2. The van der Waals surface area contributed by atoms with Gasteiger partial charge in [-0.1, -0.05) is 23.9 Å². The summed E-state index contributed by atoms with van der Waals surface area (Å²) >= 11 is 1.33. The van der Waals surface area contributed by atoms with Crippen LogP contribution in [0.1, 0.15) is 11.6 Å². The van der Waals surface area contributed by atoms with Gasteiger partial charge in [-0.25, -0.2) is 14.8 Å². The number of nitrogens with zero attached hydrogens (tertiary/aromatic N) is 3. The number of hydrogen-bond acceptors (Lipinski definition) is 6. The number of carbonyl (C=O) groups is 1. The summed E-state index contributed by atoms with van der Waals surface area (Å²) in [5.74, 6) is 0.291. The summed E-state index contributed by atoms with van der Waals surface area (Å²) in [6.45, 7) is 1.35. The molecule has 1 aliphatic rings. The van der Waals surface area contributed by atoms with Gasteiger partial charge in [0.05, 0.1) is 11.8 Å². The molecular weight excluding hydrogens is 331 g/mol. The number of rotatable bonds is 6. The third-order valence-electron chi connectivity index (χ3n) is 3.98. The topological polar surface area (TPSA) is 85.9 Å². The molecule has 0 spiro atoms. The highest BCUT2D eigenvalue weighted by atomic mass is 32.2. The van der Waals surface area contributed by atoms with Crippen molar-refractivity contribution in [3.8, 4) is 0 Å². The van der Waals surface area contributed by atoms with Crippen LogP contribution in [0.2, 0.25) is 0 Å². The van der Waals surface area contributed by atoms with E-state index in [4.69, 9.17) is 0 Å². The van der Waals surface area contributed by atoms with E-state index in [1.54, 1.807) is 24.1 Å². The van der Waals surface area contributed by atoms with Gasteiger partial charge < -0.3 is 4.90 Å². The third-order valence-corrected chi connectivity index (χ3v) is 4.84. The Balaban J connectivity index is 1.55. The monoisotopic (exact) mass is 350 g/mol. The first-order valence-electron chi connectivity index (χ1n) is 7.59. The molecule has 3 rings (SSSR count). The van der Waals surface area contributed by atoms with Gasteiger partial charge in [-0.2, -0.15) is 5.10 Å². The molecule has 1 fully saturated rings. The van der Waals surface area contributed by atoms with E-state index in [0.29, 0.717) is 17.5 Å². The summed E-state index contributed by atoms with van der Waals surface area (Å²) in [6, 6.07) is 6.50. The van der Waals surface area contributed by atoms with Crippen molar-refractivity contribution in [1.82, 2.24) is 30.9 Å². The Labute approximate surface area is 143 Å². The van der Waals surface area contributed by atoms with Crippen molar-refractivity contribution in [1.29, 1.82) is 0 Å². The first-order valence-corrected chi connectivity index (χ1v) is 8.58. The number of carbonyl (C=O) groups excluding carboxylic acids is 1. The van der Waals surface area contributed by atoms with E-state index in [1.165, 1.54) is 30.2 Å². The number of amides is 1. The summed E-state index contributed by atoms with van der Waals surface area (Å²) in [7, 11) is 1.79. The third kappa shape index (κ3) is 4.11. The fourth-order valence-corrected chi connectivity index (χ4v) is 3.41. The first kappa shape index (κ1) is 16.9. The van der Waals surface area contributed by atoms with Gasteiger partial charge in [0.25, 0.3) is 0 Å². The Morgan fingerprint density at radius 2 is 2.21 bits per heavy atom. The van der Waals surface area contributed by atoms with E-state index in [2.05, 4.69) is 26.0 Å². The fraction of sp³-hybridized carbons (Fsp3) is 0.400. The Kier molecular flexibility index (Phi) is 5.44. The SMILES string of the molecule is CN(CC1CNNC1c1ccc(F)cc1)C(=O)CSc1ncn[nH]1. The number of H-pyrrole nitrogens is 1. The molecule has 2 atom stereocenters. The van der Waals surface area contributed by atoms with E-state index in [9.17, 15) is 9.18 Å². The molecule has 2 heterocycles. The van der Waals surface area contributed by atoms with Crippen LogP contribution in [0.5, 0.6) is 0 Å². The molecule has 2 unspecified atom stereocenters. The highest BCUT2D eigenvalue weighted by Crippen LogP contribution is 2.26. The van der Waals surface area contributed by atoms with Crippen molar-refractivity contribution in [3.63, 3.8) is 0 Å². The Hall–Kier alpha value is -1.97. The standard InChI is InChI=1S/C15H19FN6OS/c1-22(13(23)8-24-15-17-9-19-21-15)7-11-6-18-20-14(11)10-2-4-12(16)5-3-10/h2-5,9,11,14,18,20H,6-8H2,1H3,(H,17,19,21). The van der Waals surface area contributed by atoms with Crippen LogP contribution in [-0.4, -0.2) is 51.9 Å². The molecule has 1 aromatic carbocycles. The molecule has 0 radical (unpaired) electrons. The van der Waals surface area contributed by atoms with Gasteiger partial charge in [0.15, 0.2) is 5.16 Å². The first-order chi connectivity index (χ1) is 11.6. The number of nitrogens with one attached hydrogen (secondary N) is 3. The quantitative estimate of drug-likeness (QED) is 0.673. The number of halogens is 1. The molecule has 0 saturated carbocycles. The van der Waals surface area contributed by atoms with Crippen LogP contribution >= 0.6 is 11.8 Å². The van der Waals surface area contributed by atoms with E-state index < -0.39 is 0 Å². The van der Waals surface area contributed by atoms with Crippen LogP contribution in [0.4, 0.5) is 4.39 Å². The van der Waals surface area contributed by atoms with Crippen molar-refractivity contribution in [3.05, 3.63) is 42.0 Å². The van der Waals surface area contributed by atoms with Crippen LogP contribution in [0.3, 0.4) is 0 Å². The Bertz CT molecular complexity index is 665. The molecule has 1 saturated heterocycles. The summed E-state index contributed by atoms with van der Waals surface area (Å²) in [6.07, 6.45) is 1.42. The second-order valence-corrected chi connectivity index (χ2v) is 6.63. The molecule has 24 heavy (non-hydrogen) atoms. The maximum atomic E-state index is 13.1. The van der Waals surface area contributed by atoms with E-state index in [-0.39, 0.29) is 23.7 Å². The highest BCUT2D eigenvalue weighted by molar-refractivity contribution is 7.99. The van der Waals surface area contributed by atoms with Crippen LogP contribution in [-0.2, 0) is 4.79 Å². The maximum Gasteiger partial charge on any atom is 0.232 e. The lowest BCUT2D eigenvalue weighted by Gasteiger charge is -2.25. The molecular formula is C15H19FN6OS. The minimum absolute atomic E-state index is 0.0288. The summed E-state index contributed by atoms with van der Waals surface area (Å²) in [5, 5.41) is 7.10. The van der Waals surface area contributed by atoms with Gasteiger partial charge in [0.1, 0.15) is 12.1 Å². The largest absolute Gasteiger partial charge is 0.345 e. The van der Waals surface area contributed by atoms with Gasteiger partial charge in [-0.15, -0.1) is 0 Å². The minimum Gasteiger partial charge on any atom is -0.345 e. The highest BCUT2D eigenvalue weighted by Gasteiger charge is 2.30. The predicted molar refractivity (Wildman–Crippen MR) is 88.5 cm³/mol. The minimum atomic E-state index is -0.252. The molecule has 0 bridgehead atoms. The number of aromatic amines is 1. The zero-order chi connectivity index (χ0) is 16.9. The van der Waals surface area contributed by atoms with Crippen molar-refractivity contribution < 1.29 is 9.18 Å². The van der Waals surface area contributed by atoms with Crippen molar-refractivity contribution in [2.24, 2.45) is 5.92 Å². The number of benzene rings is 1. The molecule has 0 aliphatic carbocycles. The molecule has 1 amide bonds. The molecule has 1 aromatic heterocycles. The second-order valence-electron chi connectivity index (χ2n) is 5.67. The number of hydrazine groups is 1. The molecule has 7 nitrogen and oxygen atoms in total. The lowest BCUT2D eigenvalue weighted by atomic mass is 9.94. The van der Waals surface area contributed by atoms with Gasteiger partial charge in [-0.05, 0) is 17.7 Å². The van der Waals surface area contributed by atoms with Crippen molar-refractivity contribution in [2.75, 3.05) is 25.9 Å². The van der Waals surface area contributed by atoms with Crippen molar-refractivity contribution >= 4 is 17.7 Å². The second kappa shape index (κ2) is 7.73. The molecule has 3 N–H and O–H groups in total. The maximum absolute atomic E-state index is 13.1. The fourth-order valence-electron chi connectivity index (χ4n) is 2.69. The summed E-state index contributed by atoms with van der Waals surface area (Å²) < 4.78 is 13.1.